The van der Waals surface area contributed by atoms with E-state index < -0.39 is 5.97 Å². The number of hydrogen-bond acceptors (Lipinski definition) is 5. The molecule has 3 N–H and O–H groups in total. The van der Waals surface area contributed by atoms with Crippen LogP contribution in [0, 0.1) is 0 Å². The molecule has 0 aliphatic heterocycles. The Balaban J connectivity index is 2.86. The summed E-state index contributed by atoms with van der Waals surface area (Å²) in [5, 5.41) is 20.8. The minimum absolute atomic E-state index is 0.0293. The quantitative estimate of drug-likeness (QED) is 0.657. The number of ether oxygens (including phenoxy) is 1. The second-order valence-corrected chi connectivity index (χ2v) is 3.74. The number of pyridine rings is 1. The molecule has 0 saturated heterocycles. The van der Waals surface area contributed by atoms with Gasteiger partial charge in [-0.1, -0.05) is 11.6 Å². The lowest BCUT2D eigenvalue weighted by Crippen LogP contribution is -2.29. The van der Waals surface area contributed by atoms with Crippen molar-refractivity contribution in [3.05, 3.63) is 22.8 Å². The highest BCUT2D eigenvalue weighted by atomic mass is 35.5. The van der Waals surface area contributed by atoms with Gasteiger partial charge in [-0.2, -0.15) is 0 Å². The summed E-state index contributed by atoms with van der Waals surface area (Å²) in [7, 11) is 1.50. The third-order valence-corrected chi connectivity index (χ3v) is 2.17. The first-order chi connectivity index (χ1) is 8.06. The third-order valence-electron chi connectivity index (χ3n) is 1.98. The van der Waals surface area contributed by atoms with Crippen molar-refractivity contribution < 1.29 is 19.7 Å². The number of halogens is 1. The summed E-state index contributed by atoms with van der Waals surface area (Å²) >= 11 is 5.69. The number of rotatable bonds is 6. The molecule has 6 nitrogen and oxygen atoms in total. The molecule has 0 amide bonds. The van der Waals surface area contributed by atoms with Crippen molar-refractivity contribution in [1.29, 1.82) is 0 Å². The Morgan fingerprint density at radius 2 is 2.35 bits per heavy atom. The molecule has 1 heterocycles. The van der Waals surface area contributed by atoms with E-state index in [4.69, 9.17) is 26.6 Å². The van der Waals surface area contributed by atoms with Gasteiger partial charge in [0.15, 0.2) is 0 Å². The molecule has 0 saturated carbocycles. The van der Waals surface area contributed by atoms with Crippen LogP contribution in [-0.2, 0) is 4.74 Å². The van der Waals surface area contributed by atoms with Gasteiger partial charge in [-0.3, -0.25) is 0 Å². The van der Waals surface area contributed by atoms with E-state index in [-0.39, 0.29) is 35.8 Å². The first-order valence-corrected chi connectivity index (χ1v) is 5.21. The minimum Gasteiger partial charge on any atom is -0.478 e. The highest BCUT2D eigenvalue weighted by Gasteiger charge is 2.11. The molecule has 17 heavy (non-hydrogen) atoms. The van der Waals surface area contributed by atoms with Crippen LogP contribution in [0.3, 0.4) is 0 Å². The van der Waals surface area contributed by atoms with Crippen LogP contribution in [-0.4, -0.2) is 47.5 Å². The molecule has 0 spiro atoms. The molecule has 1 rings (SSSR count). The SMILES string of the molecule is COCC(CO)Nc1cc(C(=O)O)cc(Cl)n1. The minimum atomic E-state index is -1.09. The van der Waals surface area contributed by atoms with E-state index in [1.807, 2.05) is 0 Å². The average molecular weight is 261 g/mol. The number of nitrogens with one attached hydrogen (secondary N) is 1. The summed E-state index contributed by atoms with van der Waals surface area (Å²) in [6.45, 7) is 0.109. The molecule has 0 fully saturated rings. The van der Waals surface area contributed by atoms with E-state index in [2.05, 4.69) is 10.3 Å². The van der Waals surface area contributed by atoms with Gasteiger partial charge in [-0.05, 0) is 12.1 Å². The maximum Gasteiger partial charge on any atom is 0.335 e. The summed E-state index contributed by atoms with van der Waals surface area (Å²) in [5.74, 6) is -0.810. The molecule has 0 aromatic carbocycles. The molecule has 0 radical (unpaired) electrons. The Hall–Kier alpha value is -1.37. The van der Waals surface area contributed by atoms with E-state index >= 15 is 0 Å². The fourth-order valence-corrected chi connectivity index (χ4v) is 1.45. The fraction of sp³-hybridized carbons (Fsp3) is 0.400. The van der Waals surface area contributed by atoms with Crippen LogP contribution in [0.25, 0.3) is 0 Å². The molecule has 1 aromatic rings. The lowest BCUT2D eigenvalue weighted by Gasteiger charge is -2.16. The van der Waals surface area contributed by atoms with Crippen molar-refractivity contribution in [3.8, 4) is 0 Å². The molecule has 0 aliphatic carbocycles. The van der Waals surface area contributed by atoms with Crippen molar-refractivity contribution in [2.45, 2.75) is 6.04 Å². The van der Waals surface area contributed by atoms with Crippen LogP contribution in [0.15, 0.2) is 12.1 Å². The first-order valence-electron chi connectivity index (χ1n) is 4.84. The number of methoxy groups -OCH3 is 1. The smallest absolute Gasteiger partial charge is 0.335 e. The summed E-state index contributed by atoms with van der Waals surface area (Å²) in [6.07, 6.45) is 0. The van der Waals surface area contributed by atoms with Gasteiger partial charge >= 0.3 is 5.97 Å². The van der Waals surface area contributed by atoms with Crippen molar-refractivity contribution in [1.82, 2.24) is 4.98 Å². The van der Waals surface area contributed by atoms with Crippen LogP contribution in [0.4, 0.5) is 5.82 Å². The number of carboxylic acids is 1. The van der Waals surface area contributed by atoms with E-state index in [1.54, 1.807) is 0 Å². The number of aliphatic hydroxyl groups excluding tert-OH is 1. The zero-order valence-corrected chi connectivity index (χ0v) is 9.94. The van der Waals surface area contributed by atoms with Gasteiger partial charge in [0.05, 0.1) is 24.8 Å². The molecule has 7 heteroatoms. The Morgan fingerprint density at radius 3 is 2.88 bits per heavy atom. The van der Waals surface area contributed by atoms with Crippen molar-refractivity contribution in [2.24, 2.45) is 0 Å². The van der Waals surface area contributed by atoms with Gasteiger partial charge in [-0.15, -0.1) is 0 Å². The van der Waals surface area contributed by atoms with Gasteiger partial charge in [0.1, 0.15) is 11.0 Å². The molecule has 0 bridgehead atoms. The largest absolute Gasteiger partial charge is 0.478 e. The topological polar surface area (TPSA) is 91.7 Å². The normalized spacial score (nSPS) is 12.2. The third kappa shape index (κ3) is 4.18. The van der Waals surface area contributed by atoms with Crippen LogP contribution in [0.2, 0.25) is 5.15 Å². The highest BCUT2D eigenvalue weighted by Crippen LogP contribution is 2.15. The Labute approximate surface area is 103 Å². The number of carboxylic acid groups (broad SMARTS) is 1. The molecular formula is C10H13ClN2O4. The Morgan fingerprint density at radius 1 is 1.65 bits per heavy atom. The predicted octanol–water partition coefficient (Wildman–Crippen LogP) is 0.852. The van der Waals surface area contributed by atoms with E-state index in [9.17, 15) is 4.79 Å². The lowest BCUT2D eigenvalue weighted by atomic mass is 10.2. The Bertz CT molecular complexity index is 400. The molecule has 1 atom stereocenters. The van der Waals surface area contributed by atoms with Crippen LogP contribution in [0.1, 0.15) is 10.4 Å². The van der Waals surface area contributed by atoms with Crippen molar-refractivity contribution in [2.75, 3.05) is 25.6 Å². The standard InChI is InChI=1S/C10H13ClN2O4/c1-17-5-7(4-14)12-9-3-6(10(15)16)2-8(11)13-9/h2-3,7,14H,4-5H2,1H3,(H,12,13)(H,15,16). The number of nitrogens with zero attached hydrogens (tertiary/aromatic N) is 1. The number of aliphatic hydroxyl groups is 1. The van der Waals surface area contributed by atoms with Crippen LogP contribution >= 0.6 is 11.6 Å². The highest BCUT2D eigenvalue weighted by molar-refractivity contribution is 6.29. The zero-order chi connectivity index (χ0) is 12.8. The fourth-order valence-electron chi connectivity index (χ4n) is 1.24. The number of hydrogen-bond donors (Lipinski definition) is 3. The van der Waals surface area contributed by atoms with Gasteiger partial charge in [-0.25, -0.2) is 9.78 Å². The summed E-state index contributed by atoms with van der Waals surface area (Å²) in [6, 6.07) is 2.22. The zero-order valence-electron chi connectivity index (χ0n) is 9.18. The van der Waals surface area contributed by atoms with Crippen molar-refractivity contribution in [3.63, 3.8) is 0 Å². The summed E-state index contributed by atoms with van der Waals surface area (Å²) < 4.78 is 4.88. The van der Waals surface area contributed by atoms with E-state index in [0.717, 1.165) is 0 Å². The second-order valence-electron chi connectivity index (χ2n) is 3.35. The molecule has 1 unspecified atom stereocenters. The molecule has 0 aliphatic rings. The second kappa shape index (κ2) is 6.39. The average Bonchev–Trinajstić information content (AvgIpc) is 2.27. The number of aromatic carboxylic acids is 1. The van der Waals surface area contributed by atoms with Crippen molar-refractivity contribution >= 4 is 23.4 Å². The first kappa shape index (κ1) is 13.7. The maximum absolute atomic E-state index is 10.8. The van der Waals surface area contributed by atoms with Gasteiger partial charge < -0.3 is 20.3 Å². The lowest BCUT2D eigenvalue weighted by molar-refractivity contribution is 0.0697. The van der Waals surface area contributed by atoms with Gasteiger partial charge in [0.2, 0.25) is 0 Å². The predicted molar refractivity (Wildman–Crippen MR) is 62.6 cm³/mol. The maximum atomic E-state index is 10.8. The van der Waals surface area contributed by atoms with Gasteiger partial charge in [0, 0.05) is 7.11 Å². The molecule has 1 aromatic heterocycles. The monoisotopic (exact) mass is 260 g/mol. The summed E-state index contributed by atoms with van der Waals surface area (Å²) in [5.41, 5.74) is 0.0293. The molecule has 94 valence electrons. The Kier molecular flexibility index (Phi) is 5.14. The molecular weight excluding hydrogens is 248 g/mol. The van der Waals surface area contributed by atoms with E-state index in [0.29, 0.717) is 0 Å². The van der Waals surface area contributed by atoms with Crippen LogP contribution in [0.5, 0.6) is 0 Å². The number of anilines is 1. The van der Waals surface area contributed by atoms with Gasteiger partial charge in [0.25, 0.3) is 0 Å². The number of aromatic nitrogens is 1. The summed E-state index contributed by atoms with van der Waals surface area (Å²) in [4.78, 5) is 14.7. The van der Waals surface area contributed by atoms with Crippen LogP contribution < -0.4 is 5.32 Å². The van der Waals surface area contributed by atoms with E-state index in [1.165, 1.54) is 19.2 Å². The number of carbonyl (C=O) groups is 1.